The Kier molecular flexibility index (Phi) is 5.97. The number of ether oxygens (including phenoxy) is 1. The Morgan fingerprint density at radius 2 is 2.00 bits per heavy atom. The van der Waals surface area contributed by atoms with Gasteiger partial charge in [-0.15, -0.1) is 0 Å². The molecule has 1 atom stereocenters. The zero-order chi connectivity index (χ0) is 12.7. The molecule has 17 heavy (non-hydrogen) atoms. The average Bonchev–Trinajstić information content (AvgIpc) is 2.79. The van der Waals surface area contributed by atoms with E-state index >= 15 is 0 Å². The summed E-state index contributed by atoms with van der Waals surface area (Å²) in [7, 11) is 0. The predicted molar refractivity (Wildman–Crippen MR) is 64.5 cm³/mol. The number of amides is 1. The first-order valence-corrected chi connectivity index (χ1v) is 6.33. The number of nitrogens with one attached hydrogen (secondary N) is 2. The molecule has 0 aliphatic heterocycles. The highest BCUT2D eigenvalue weighted by molar-refractivity contribution is 5.82. The van der Waals surface area contributed by atoms with Gasteiger partial charge in [-0.25, -0.2) is 0 Å². The summed E-state index contributed by atoms with van der Waals surface area (Å²) in [6.07, 6.45) is 4.51. The topological polar surface area (TPSA) is 67.4 Å². The highest BCUT2D eigenvalue weighted by Crippen LogP contribution is 2.17. The van der Waals surface area contributed by atoms with E-state index in [4.69, 9.17) is 4.74 Å². The highest BCUT2D eigenvalue weighted by atomic mass is 16.5. The highest BCUT2D eigenvalue weighted by Gasteiger charge is 2.20. The monoisotopic (exact) mass is 242 g/mol. The average molecular weight is 242 g/mol. The van der Waals surface area contributed by atoms with Crippen LogP contribution in [0.2, 0.25) is 0 Å². The van der Waals surface area contributed by atoms with Crippen LogP contribution in [0.3, 0.4) is 0 Å². The van der Waals surface area contributed by atoms with Crippen molar-refractivity contribution < 1.29 is 14.3 Å². The first-order valence-electron chi connectivity index (χ1n) is 6.33. The lowest BCUT2D eigenvalue weighted by Gasteiger charge is -2.17. The van der Waals surface area contributed by atoms with Crippen molar-refractivity contribution in [3.63, 3.8) is 0 Å². The molecule has 0 spiro atoms. The van der Waals surface area contributed by atoms with E-state index in [2.05, 4.69) is 10.6 Å². The smallest absolute Gasteiger partial charge is 0.319 e. The Bertz CT molecular complexity index is 262. The van der Waals surface area contributed by atoms with Crippen molar-refractivity contribution in [2.45, 2.75) is 51.6 Å². The molecule has 1 fully saturated rings. The van der Waals surface area contributed by atoms with Crippen molar-refractivity contribution in [2.75, 3.05) is 13.2 Å². The van der Waals surface area contributed by atoms with Crippen molar-refractivity contribution in [1.29, 1.82) is 0 Å². The number of carbonyl (C=O) groups is 2. The Hall–Kier alpha value is -1.10. The van der Waals surface area contributed by atoms with Gasteiger partial charge < -0.3 is 10.1 Å². The van der Waals surface area contributed by atoms with Gasteiger partial charge in [0, 0.05) is 6.04 Å². The lowest BCUT2D eigenvalue weighted by molar-refractivity contribution is -0.142. The fraction of sp³-hybridized carbons (Fsp3) is 0.833. The molecule has 0 aromatic carbocycles. The molecule has 5 heteroatoms. The Morgan fingerprint density at radius 1 is 1.35 bits per heavy atom. The summed E-state index contributed by atoms with van der Waals surface area (Å²) in [5.41, 5.74) is 0. The van der Waals surface area contributed by atoms with E-state index in [9.17, 15) is 9.59 Å². The number of hydrogen-bond acceptors (Lipinski definition) is 4. The van der Waals surface area contributed by atoms with E-state index in [1.54, 1.807) is 13.8 Å². The van der Waals surface area contributed by atoms with Crippen LogP contribution in [0, 0.1) is 0 Å². The van der Waals surface area contributed by atoms with Crippen LogP contribution in [0.15, 0.2) is 0 Å². The molecule has 1 amide bonds. The quantitative estimate of drug-likeness (QED) is 0.669. The van der Waals surface area contributed by atoms with Crippen LogP contribution in [0.5, 0.6) is 0 Å². The van der Waals surface area contributed by atoms with Gasteiger partial charge in [0.1, 0.15) is 0 Å². The molecule has 1 unspecified atom stereocenters. The largest absolute Gasteiger partial charge is 0.465 e. The third kappa shape index (κ3) is 5.17. The van der Waals surface area contributed by atoms with E-state index in [0.717, 1.165) is 12.8 Å². The molecular formula is C12H22N2O3. The second-order valence-electron chi connectivity index (χ2n) is 4.40. The first kappa shape index (κ1) is 14.0. The van der Waals surface area contributed by atoms with Gasteiger partial charge in [0.15, 0.2) is 0 Å². The lowest BCUT2D eigenvalue weighted by atomic mass is 10.2. The van der Waals surface area contributed by atoms with Crippen LogP contribution in [-0.4, -0.2) is 37.1 Å². The van der Waals surface area contributed by atoms with Gasteiger partial charge in [-0.3, -0.25) is 14.9 Å². The molecule has 98 valence electrons. The van der Waals surface area contributed by atoms with E-state index in [1.165, 1.54) is 12.8 Å². The molecule has 0 saturated heterocycles. The van der Waals surface area contributed by atoms with E-state index in [0.29, 0.717) is 12.6 Å². The maximum absolute atomic E-state index is 11.7. The number of rotatable bonds is 6. The molecule has 1 saturated carbocycles. The number of hydrogen-bond donors (Lipinski definition) is 2. The third-order valence-corrected chi connectivity index (χ3v) is 2.95. The van der Waals surface area contributed by atoms with Gasteiger partial charge >= 0.3 is 5.97 Å². The van der Waals surface area contributed by atoms with Crippen molar-refractivity contribution in [3.05, 3.63) is 0 Å². The number of esters is 1. The molecule has 0 heterocycles. The summed E-state index contributed by atoms with van der Waals surface area (Å²) < 4.78 is 4.77. The Balaban J connectivity index is 2.19. The second kappa shape index (κ2) is 7.27. The van der Waals surface area contributed by atoms with Crippen molar-refractivity contribution in [2.24, 2.45) is 0 Å². The summed E-state index contributed by atoms with van der Waals surface area (Å²) in [6.45, 7) is 3.95. The third-order valence-electron chi connectivity index (χ3n) is 2.95. The molecule has 1 aliphatic rings. The SMILES string of the molecule is CCOC(=O)CNC(C)C(=O)NC1CCCC1. The Labute approximate surface area is 102 Å². The van der Waals surface area contributed by atoms with E-state index in [-0.39, 0.29) is 24.5 Å². The second-order valence-corrected chi connectivity index (χ2v) is 4.40. The standard InChI is InChI=1S/C12H22N2O3/c1-3-17-11(15)8-13-9(2)12(16)14-10-6-4-5-7-10/h9-10,13H,3-8H2,1-2H3,(H,14,16). The van der Waals surface area contributed by atoms with E-state index in [1.807, 2.05) is 0 Å². The molecule has 0 radical (unpaired) electrons. The minimum Gasteiger partial charge on any atom is -0.465 e. The van der Waals surface area contributed by atoms with Gasteiger partial charge in [-0.2, -0.15) is 0 Å². The predicted octanol–water partition coefficient (Wildman–Crippen LogP) is 0.586. The number of carbonyl (C=O) groups excluding carboxylic acids is 2. The van der Waals surface area contributed by atoms with E-state index < -0.39 is 0 Å². The van der Waals surface area contributed by atoms with Gasteiger partial charge in [0.05, 0.1) is 19.2 Å². The summed E-state index contributed by atoms with van der Waals surface area (Å²) in [6, 6.07) is -0.0469. The van der Waals surface area contributed by atoms with Crippen LogP contribution in [0.4, 0.5) is 0 Å². The molecule has 1 aliphatic carbocycles. The lowest BCUT2D eigenvalue weighted by Crippen LogP contribution is -2.47. The fourth-order valence-electron chi connectivity index (χ4n) is 1.94. The van der Waals surface area contributed by atoms with Crippen molar-refractivity contribution >= 4 is 11.9 Å². The van der Waals surface area contributed by atoms with Crippen LogP contribution >= 0.6 is 0 Å². The summed E-state index contributed by atoms with van der Waals surface area (Å²) in [5, 5.41) is 5.84. The van der Waals surface area contributed by atoms with Crippen LogP contribution in [0.1, 0.15) is 39.5 Å². The summed E-state index contributed by atoms with van der Waals surface area (Å²) >= 11 is 0. The van der Waals surface area contributed by atoms with Gasteiger partial charge in [-0.1, -0.05) is 12.8 Å². The molecule has 1 rings (SSSR count). The summed E-state index contributed by atoms with van der Waals surface area (Å²) in [5.74, 6) is -0.366. The minimum atomic E-state index is -0.361. The maximum atomic E-state index is 11.7. The zero-order valence-corrected chi connectivity index (χ0v) is 10.6. The Morgan fingerprint density at radius 3 is 2.59 bits per heavy atom. The normalized spacial score (nSPS) is 17.8. The minimum absolute atomic E-state index is 0.0406. The molecule has 2 N–H and O–H groups in total. The fourth-order valence-corrected chi connectivity index (χ4v) is 1.94. The first-order chi connectivity index (χ1) is 8.13. The molecule has 5 nitrogen and oxygen atoms in total. The molecule has 0 bridgehead atoms. The van der Waals surface area contributed by atoms with Crippen LogP contribution < -0.4 is 10.6 Å². The molecule has 0 aromatic heterocycles. The maximum Gasteiger partial charge on any atom is 0.319 e. The van der Waals surface area contributed by atoms with Crippen LogP contribution in [0.25, 0.3) is 0 Å². The van der Waals surface area contributed by atoms with Crippen molar-refractivity contribution in [1.82, 2.24) is 10.6 Å². The van der Waals surface area contributed by atoms with Crippen molar-refractivity contribution in [3.8, 4) is 0 Å². The zero-order valence-electron chi connectivity index (χ0n) is 10.6. The van der Waals surface area contributed by atoms with Gasteiger partial charge in [0.2, 0.25) is 5.91 Å². The molecule has 0 aromatic rings. The van der Waals surface area contributed by atoms with Crippen LogP contribution in [-0.2, 0) is 14.3 Å². The van der Waals surface area contributed by atoms with Gasteiger partial charge in [-0.05, 0) is 26.7 Å². The molecular weight excluding hydrogens is 220 g/mol. The summed E-state index contributed by atoms with van der Waals surface area (Å²) in [4.78, 5) is 22.8. The van der Waals surface area contributed by atoms with Gasteiger partial charge in [0.25, 0.3) is 0 Å².